The molecule has 1 aliphatic heterocycles. The van der Waals surface area contributed by atoms with E-state index in [4.69, 9.17) is 16.7 Å². The first-order valence-corrected chi connectivity index (χ1v) is 6.02. The van der Waals surface area contributed by atoms with E-state index in [0.717, 1.165) is 12.6 Å². The molecule has 1 aromatic rings. The molecule has 7 nitrogen and oxygen atoms in total. The Hall–Kier alpha value is -1.47. The van der Waals surface area contributed by atoms with Gasteiger partial charge in [-0.05, 0) is 30.4 Å². The van der Waals surface area contributed by atoms with Crippen molar-refractivity contribution in [1.29, 1.82) is 0 Å². The van der Waals surface area contributed by atoms with Gasteiger partial charge in [0.2, 0.25) is 11.1 Å². The molecule has 1 fully saturated rings. The normalized spacial score (nSPS) is 19.2. The summed E-state index contributed by atoms with van der Waals surface area (Å²) in [4.78, 5) is 19.8. The highest BCUT2D eigenvalue weighted by atomic mass is 35.5. The predicted octanol–water partition coefficient (Wildman–Crippen LogP) is 1.25. The minimum atomic E-state index is -0.509. The highest BCUT2D eigenvalue weighted by molar-refractivity contribution is 6.28. The predicted molar refractivity (Wildman–Crippen MR) is 65.7 cm³/mol. The van der Waals surface area contributed by atoms with Crippen LogP contribution in [-0.2, 0) is 0 Å². The van der Waals surface area contributed by atoms with E-state index >= 15 is 0 Å². The van der Waals surface area contributed by atoms with E-state index in [0.29, 0.717) is 25.4 Å². The lowest BCUT2D eigenvalue weighted by Gasteiger charge is -2.16. The number of hydrogen-bond acceptors (Lipinski definition) is 6. The Labute approximate surface area is 109 Å². The summed E-state index contributed by atoms with van der Waals surface area (Å²) in [5.41, 5.74) is -0.135. The zero-order valence-electron chi connectivity index (χ0n) is 9.62. The van der Waals surface area contributed by atoms with Crippen LogP contribution in [0.5, 0.6) is 0 Å². The second-order valence-electron chi connectivity index (χ2n) is 4.22. The number of nitro groups is 1. The van der Waals surface area contributed by atoms with Gasteiger partial charge in [-0.2, -0.15) is 4.98 Å². The van der Waals surface area contributed by atoms with Gasteiger partial charge in [0.15, 0.2) is 0 Å². The Morgan fingerprint density at radius 2 is 2.44 bits per heavy atom. The van der Waals surface area contributed by atoms with Crippen LogP contribution in [0.4, 0.5) is 11.5 Å². The van der Waals surface area contributed by atoms with Crippen molar-refractivity contribution in [3.8, 4) is 0 Å². The van der Waals surface area contributed by atoms with Gasteiger partial charge in [-0.15, -0.1) is 0 Å². The molecule has 1 aliphatic rings. The van der Waals surface area contributed by atoms with E-state index in [1.54, 1.807) is 0 Å². The van der Waals surface area contributed by atoms with Crippen LogP contribution >= 0.6 is 11.6 Å². The second kappa shape index (κ2) is 5.45. The van der Waals surface area contributed by atoms with Crippen LogP contribution in [0.15, 0.2) is 6.20 Å². The molecule has 0 aromatic carbocycles. The monoisotopic (exact) mass is 272 g/mol. The van der Waals surface area contributed by atoms with Crippen LogP contribution in [0.3, 0.4) is 0 Å². The number of halogens is 1. The number of anilines is 1. The molecule has 1 aromatic heterocycles. The summed E-state index contributed by atoms with van der Waals surface area (Å²) in [6.07, 6.45) is 2.71. The molecule has 8 heteroatoms. The maximum Gasteiger partial charge on any atom is 0.329 e. The second-order valence-corrected chi connectivity index (χ2v) is 4.56. The van der Waals surface area contributed by atoms with E-state index in [1.165, 1.54) is 0 Å². The van der Waals surface area contributed by atoms with Gasteiger partial charge in [-0.1, -0.05) is 0 Å². The number of hydrogen-bond donors (Lipinski definition) is 1. The van der Waals surface area contributed by atoms with Crippen molar-refractivity contribution < 1.29 is 10.0 Å². The molecule has 0 bridgehead atoms. The zero-order chi connectivity index (χ0) is 13.1. The fourth-order valence-corrected chi connectivity index (χ4v) is 2.28. The third kappa shape index (κ3) is 2.68. The topological polar surface area (TPSA) is 92.4 Å². The Bertz CT molecular complexity index is 457. The van der Waals surface area contributed by atoms with Gasteiger partial charge in [0.25, 0.3) is 0 Å². The first kappa shape index (κ1) is 13.0. The largest absolute Gasteiger partial charge is 0.396 e. The highest BCUT2D eigenvalue weighted by Crippen LogP contribution is 2.31. The molecule has 1 unspecified atom stereocenters. The van der Waals surface area contributed by atoms with Gasteiger partial charge in [0.1, 0.15) is 6.20 Å². The van der Waals surface area contributed by atoms with Crippen LogP contribution in [0, 0.1) is 16.0 Å². The van der Waals surface area contributed by atoms with Crippen LogP contribution < -0.4 is 4.90 Å². The van der Waals surface area contributed by atoms with E-state index < -0.39 is 4.92 Å². The van der Waals surface area contributed by atoms with Crippen molar-refractivity contribution in [1.82, 2.24) is 9.97 Å². The maximum atomic E-state index is 10.9. The molecule has 0 amide bonds. The highest BCUT2D eigenvalue weighted by Gasteiger charge is 2.29. The molecule has 1 saturated heterocycles. The van der Waals surface area contributed by atoms with Crippen LogP contribution in [0.25, 0.3) is 0 Å². The molecule has 0 spiro atoms. The minimum Gasteiger partial charge on any atom is -0.396 e. The van der Waals surface area contributed by atoms with Crippen molar-refractivity contribution >= 4 is 23.1 Å². The molecule has 0 saturated carbocycles. The van der Waals surface area contributed by atoms with E-state index in [2.05, 4.69) is 9.97 Å². The Morgan fingerprint density at radius 1 is 1.67 bits per heavy atom. The summed E-state index contributed by atoms with van der Waals surface area (Å²) in [6.45, 7) is 1.46. The number of aliphatic hydroxyl groups is 1. The van der Waals surface area contributed by atoms with Crippen molar-refractivity contribution in [2.45, 2.75) is 12.8 Å². The summed E-state index contributed by atoms with van der Waals surface area (Å²) in [7, 11) is 0. The lowest BCUT2D eigenvalue weighted by molar-refractivity contribution is -0.384. The molecule has 1 N–H and O–H groups in total. The van der Waals surface area contributed by atoms with E-state index in [-0.39, 0.29) is 23.4 Å². The summed E-state index contributed by atoms with van der Waals surface area (Å²) >= 11 is 5.69. The third-order valence-electron chi connectivity index (χ3n) is 3.04. The third-order valence-corrected chi connectivity index (χ3v) is 3.22. The van der Waals surface area contributed by atoms with Crippen LogP contribution in [-0.4, -0.2) is 39.7 Å². The van der Waals surface area contributed by atoms with Gasteiger partial charge in [-0.25, -0.2) is 4.98 Å². The molecule has 1 atom stereocenters. The maximum absolute atomic E-state index is 10.9. The number of aromatic nitrogens is 2. The van der Waals surface area contributed by atoms with Crippen molar-refractivity contribution in [2.75, 3.05) is 24.6 Å². The zero-order valence-corrected chi connectivity index (χ0v) is 10.4. The fraction of sp³-hybridized carbons (Fsp3) is 0.600. The minimum absolute atomic E-state index is 0.00112. The van der Waals surface area contributed by atoms with E-state index in [9.17, 15) is 10.1 Å². The van der Waals surface area contributed by atoms with Crippen molar-refractivity contribution in [3.05, 3.63) is 21.6 Å². The van der Waals surface area contributed by atoms with Gasteiger partial charge >= 0.3 is 5.69 Å². The molecule has 0 radical (unpaired) electrons. The smallest absolute Gasteiger partial charge is 0.329 e. The molecule has 2 rings (SSSR count). The SMILES string of the molecule is O=[N+]([O-])c1cnc(Cl)nc1N1CCC(CCO)C1. The van der Waals surface area contributed by atoms with Crippen LogP contribution in [0.2, 0.25) is 5.28 Å². The van der Waals surface area contributed by atoms with Gasteiger partial charge in [-0.3, -0.25) is 10.1 Å². The first-order chi connectivity index (χ1) is 8.61. The van der Waals surface area contributed by atoms with Gasteiger partial charge in [0, 0.05) is 19.7 Å². The Morgan fingerprint density at radius 3 is 3.11 bits per heavy atom. The molecular formula is C10H13ClN4O3. The summed E-state index contributed by atoms with van der Waals surface area (Å²) in [6, 6.07) is 0. The van der Waals surface area contributed by atoms with Gasteiger partial charge in [0.05, 0.1) is 4.92 Å². The Balaban J connectivity index is 2.23. The van der Waals surface area contributed by atoms with Crippen molar-refractivity contribution in [2.24, 2.45) is 5.92 Å². The standard InChI is InChI=1S/C10H13ClN4O3/c11-10-12-5-8(15(17)18)9(13-10)14-3-1-7(6-14)2-4-16/h5,7,16H,1-4,6H2. The number of nitrogens with zero attached hydrogens (tertiary/aromatic N) is 4. The Kier molecular flexibility index (Phi) is 3.93. The first-order valence-electron chi connectivity index (χ1n) is 5.64. The van der Waals surface area contributed by atoms with Crippen molar-refractivity contribution in [3.63, 3.8) is 0 Å². The van der Waals surface area contributed by atoms with Crippen LogP contribution in [0.1, 0.15) is 12.8 Å². The quantitative estimate of drug-likeness (QED) is 0.504. The fourth-order valence-electron chi connectivity index (χ4n) is 2.15. The lowest BCUT2D eigenvalue weighted by Crippen LogP contribution is -2.22. The molecule has 98 valence electrons. The number of rotatable bonds is 4. The van der Waals surface area contributed by atoms with Gasteiger partial charge < -0.3 is 10.0 Å². The summed E-state index contributed by atoms with van der Waals surface area (Å²) in [5.74, 6) is 0.601. The molecule has 18 heavy (non-hydrogen) atoms. The molecule has 2 heterocycles. The summed E-state index contributed by atoms with van der Waals surface area (Å²) < 4.78 is 0. The average Bonchev–Trinajstić information content (AvgIpc) is 2.77. The number of aliphatic hydroxyl groups excluding tert-OH is 1. The molecular weight excluding hydrogens is 260 g/mol. The van der Waals surface area contributed by atoms with E-state index in [1.807, 2.05) is 4.90 Å². The average molecular weight is 273 g/mol. The summed E-state index contributed by atoms with van der Waals surface area (Å²) in [5, 5.41) is 19.8. The molecule has 0 aliphatic carbocycles. The lowest BCUT2D eigenvalue weighted by atomic mass is 10.1.